The van der Waals surface area contributed by atoms with E-state index < -0.39 is 0 Å². The summed E-state index contributed by atoms with van der Waals surface area (Å²) in [5.41, 5.74) is 1.82. The van der Waals surface area contributed by atoms with Crippen LogP contribution in [0.3, 0.4) is 0 Å². The summed E-state index contributed by atoms with van der Waals surface area (Å²) in [7, 11) is 0. The molecule has 1 aliphatic rings. The predicted molar refractivity (Wildman–Crippen MR) is 76.0 cm³/mol. The van der Waals surface area contributed by atoms with Gasteiger partial charge in [-0.3, -0.25) is 9.89 Å². The minimum Gasteiger partial charge on any atom is -0.506 e. The normalized spacial score (nSPS) is 14.2. The third-order valence-electron chi connectivity index (χ3n) is 3.26. The Bertz CT molecular complexity index is 650. The van der Waals surface area contributed by atoms with E-state index in [4.69, 9.17) is 11.6 Å². The Kier molecular flexibility index (Phi) is 3.36. The summed E-state index contributed by atoms with van der Waals surface area (Å²) >= 11 is 5.80. The Hall–Kier alpha value is -2.01. The van der Waals surface area contributed by atoms with Crippen LogP contribution in [0, 0.1) is 0 Å². The first kappa shape index (κ1) is 13.0. The molecule has 3 N–H and O–H groups in total. The van der Waals surface area contributed by atoms with E-state index in [1.807, 2.05) is 6.07 Å². The number of rotatable bonds is 4. The molecule has 2 aromatic rings. The van der Waals surface area contributed by atoms with Gasteiger partial charge in [-0.25, -0.2) is 0 Å². The van der Waals surface area contributed by atoms with Crippen molar-refractivity contribution in [3.05, 3.63) is 40.5 Å². The van der Waals surface area contributed by atoms with Crippen LogP contribution in [-0.4, -0.2) is 21.2 Å². The molecular weight excluding hydrogens is 278 g/mol. The van der Waals surface area contributed by atoms with Gasteiger partial charge >= 0.3 is 0 Å². The lowest BCUT2D eigenvalue weighted by atomic mass is 10.1. The molecule has 0 atom stereocenters. The maximum atomic E-state index is 11.9. The second kappa shape index (κ2) is 5.17. The van der Waals surface area contributed by atoms with E-state index >= 15 is 0 Å². The quantitative estimate of drug-likeness (QED) is 0.810. The number of H-pyrrole nitrogens is 1. The monoisotopic (exact) mass is 291 g/mol. The molecular formula is C14H14ClN3O2. The van der Waals surface area contributed by atoms with Gasteiger partial charge in [0.15, 0.2) is 5.82 Å². The highest BCUT2D eigenvalue weighted by Crippen LogP contribution is 2.39. The van der Waals surface area contributed by atoms with Crippen molar-refractivity contribution in [2.24, 2.45) is 0 Å². The lowest BCUT2D eigenvalue weighted by molar-refractivity contribution is -0.115. The molecule has 1 amide bonds. The van der Waals surface area contributed by atoms with Crippen LogP contribution in [0.5, 0.6) is 5.75 Å². The van der Waals surface area contributed by atoms with Gasteiger partial charge in [-0.05, 0) is 30.5 Å². The topological polar surface area (TPSA) is 78.0 Å². The summed E-state index contributed by atoms with van der Waals surface area (Å²) in [5.74, 6) is 0.962. The fraction of sp³-hybridized carbons (Fsp3) is 0.286. The van der Waals surface area contributed by atoms with Crippen LogP contribution < -0.4 is 5.32 Å². The van der Waals surface area contributed by atoms with Crippen molar-refractivity contribution in [3.8, 4) is 5.75 Å². The first-order valence-corrected chi connectivity index (χ1v) is 6.82. The van der Waals surface area contributed by atoms with Crippen molar-refractivity contribution in [1.29, 1.82) is 0 Å². The highest BCUT2D eigenvalue weighted by molar-refractivity contribution is 6.32. The zero-order chi connectivity index (χ0) is 14.1. The van der Waals surface area contributed by atoms with Crippen molar-refractivity contribution in [2.75, 3.05) is 5.32 Å². The maximum Gasteiger partial charge on any atom is 0.229 e. The van der Waals surface area contributed by atoms with Crippen LogP contribution in [0.25, 0.3) is 0 Å². The molecule has 0 aliphatic heterocycles. The van der Waals surface area contributed by atoms with Crippen molar-refractivity contribution < 1.29 is 9.90 Å². The molecule has 1 aromatic carbocycles. The van der Waals surface area contributed by atoms with Crippen molar-refractivity contribution in [2.45, 2.75) is 25.2 Å². The Labute approximate surface area is 121 Å². The van der Waals surface area contributed by atoms with Gasteiger partial charge in [-0.2, -0.15) is 5.10 Å². The molecule has 5 nitrogen and oxygen atoms in total. The van der Waals surface area contributed by atoms with E-state index in [9.17, 15) is 9.90 Å². The largest absolute Gasteiger partial charge is 0.506 e. The van der Waals surface area contributed by atoms with Gasteiger partial charge in [0.25, 0.3) is 0 Å². The number of amides is 1. The first-order chi connectivity index (χ1) is 9.61. The van der Waals surface area contributed by atoms with E-state index in [1.54, 1.807) is 12.1 Å². The van der Waals surface area contributed by atoms with Crippen LogP contribution in [0.15, 0.2) is 24.3 Å². The summed E-state index contributed by atoms with van der Waals surface area (Å²) in [6, 6.07) is 6.60. The molecule has 1 fully saturated rings. The predicted octanol–water partition coefficient (Wildman–Crippen LogP) is 2.83. The van der Waals surface area contributed by atoms with Crippen LogP contribution in [-0.2, 0) is 11.2 Å². The van der Waals surface area contributed by atoms with Crippen LogP contribution in [0.2, 0.25) is 5.02 Å². The van der Waals surface area contributed by atoms with Crippen molar-refractivity contribution >= 4 is 23.3 Å². The first-order valence-electron chi connectivity index (χ1n) is 6.44. The van der Waals surface area contributed by atoms with Gasteiger partial charge in [-0.1, -0.05) is 17.7 Å². The van der Waals surface area contributed by atoms with E-state index in [0.29, 0.717) is 11.7 Å². The summed E-state index contributed by atoms with van der Waals surface area (Å²) in [6.07, 6.45) is 2.55. The fourth-order valence-electron chi connectivity index (χ4n) is 2.04. The van der Waals surface area contributed by atoms with Crippen LogP contribution in [0.1, 0.15) is 30.0 Å². The number of aromatic amines is 1. The number of phenolic OH excluding ortho intramolecular Hbond substituents is 1. The molecule has 1 heterocycles. The molecule has 1 aromatic heterocycles. The number of phenols is 1. The number of carbonyl (C=O) groups excluding carboxylic acids is 1. The summed E-state index contributed by atoms with van der Waals surface area (Å²) < 4.78 is 0. The molecule has 6 heteroatoms. The lowest BCUT2D eigenvalue weighted by Crippen LogP contribution is -2.14. The molecule has 0 unspecified atom stereocenters. The number of halogens is 1. The highest BCUT2D eigenvalue weighted by Gasteiger charge is 2.25. The van der Waals surface area contributed by atoms with Crippen molar-refractivity contribution in [1.82, 2.24) is 10.2 Å². The summed E-state index contributed by atoms with van der Waals surface area (Å²) in [5, 5.41) is 19.3. The Morgan fingerprint density at radius 2 is 2.25 bits per heavy atom. The Morgan fingerprint density at radius 3 is 2.95 bits per heavy atom. The lowest BCUT2D eigenvalue weighted by Gasteiger charge is -2.03. The number of aromatic hydroxyl groups is 1. The Morgan fingerprint density at radius 1 is 1.45 bits per heavy atom. The van der Waals surface area contributed by atoms with Crippen LogP contribution in [0.4, 0.5) is 5.82 Å². The third-order valence-corrected chi connectivity index (χ3v) is 3.56. The number of nitrogens with one attached hydrogen (secondary N) is 2. The minimum absolute atomic E-state index is 0.0113. The standard InChI is InChI=1S/C14H14ClN3O2/c15-10-5-8(1-4-12(10)19)6-14(20)16-13-7-11(17-18-13)9-2-3-9/h1,4-5,7,9,19H,2-3,6H2,(H2,16,17,18,20). The number of nitrogens with zero attached hydrogens (tertiary/aromatic N) is 1. The molecule has 0 radical (unpaired) electrons. The van der Waals surface area contributed by atoms with Gasteiger partial charge in [0.2, 0.25) is 5.91 Å². The van der Waals surface area contributed by atoms with Crippen molar-refractivity contribution in [3.63, 3.8) is 0 Å². The fourth-order valence-corrected chi connectivity index (χ4v) is 2.24. The number of aromatic nitrogens is 2. The molecule has 0 bridgehead atoms. The van der Waals surface area contributed by atoms with E-state index in [-0.39, 0.29) is 23.1 Å². The molecule has 104 valence electrons. The van der Waals surface area contributed by atoms with E-state index in [1.165, 1.54) is 18.9 Å². The molecule has 1 saturated carbocycles. The molecule has 0 saturated heterocycles. The Balaban J connectivity index is 1.61. The van der Waals surface area contributed by atoms with Gasteiger partial charge in [0.1, 0.15) is 5.75 Å². The maximum absolute atomic E-state index is 11.9. The van der Waals surface area contributed by atoms with Gasteiger partial charge in [0, 0.05) is 17.7 Å². The molecule has 0 spiro atoms. The second-order valence-corrected chi connectivity index (χ2v) is 5.40. The average molecular weight is 292 g/mol. The molecule has 3 rings (SSSR count). The number of hydrogen-bond acceptors (Lipinski definition) is 3. The smallest absolute Gasteiger partial charge is 0.229 e. The highest BCUT2D eigenvalue weighted by atomic mass is 35.5. The van der Waals surface area contributed by atoms with Crippen LogP contribution >= 0.6 is 11.6 Å². The summed E-state index contributed by atoms with van der Waals surface area (Å²) in [4.78, 5) is 11.9. The number of benzene rings is 1. The molecule has 20 heavy (non-hydrogen) atoms. The zero-order valence-corrected chi connectivity index (χ0v) is 11.4. The third kappa shape index (κ3) is 2.93. The second-order valence-electron chi connectivity index (χ2n) is 4.99. The number of hydrogen-bond donors (Lipinski definition) is 3. The zero-order valence-electron chi connectivity index (χ0n) is 10.7. The molecule has 1 aliphatic carbocycles. The minimum atomic E-state index is -0.166. The number of anilines is 1. The SMILES string of the molecule is O=C(Cc1ccc(O)c(Cl)c1)Nc1cc(C2CC2)[nH]n1. The van der Waals surface area contributed by atoms with E-state index in [2.05, 4.69) is 15.5 Å². The average Bonchev–Trinajstić information content (AvgIpc) is 3.15. The van der Waals surface area contributed by atoms with E-state index in [0.717, 1.165) is 11.3 Å². The summed E-state index contributed by atoms with van der Waals surface area (Å²) in [6.45, 7) is 0. The van der Waals surface area contributed by atoms with Gasteiger partial charge < -0.3 is 10.4 Å². The van der Waals surface area contributed by atoms with Gasteiger partial charge in [0.05, 0.1) is 11.4 Å². The number of carbonyl (C=O) groups is 1. The van der Waals surface area contributed by atoms with Gasteiger partial charge in [-0.15, -0.1) is 0 Å².